The fourth-order valence-corrected chi connectivity index (χ4v) is 8.96. The van der Waals surface area contributed by atoms with Gasteiger partial charge in [-0.2, -0.15) is 0 Å². The Morgan fingerprint density at radius 2 is 1.77 bits per heavy atom. The maximum Gasteiger partial charge on any atom is 0.410 e. The molecule has 6 amide bonds. The molecule has 2 aliphatic carbocycles. The van der Waals surface area contributed by atoms with E-state index < -0.39 is 80.3 Å². The topological polar surface area (TPSA) is 183 Å². The number of urea groups is 1. The van der Waals surface area contributed by atoms with Crippen LogP contribution in [0.3, 0.4) is 0 Å². The summed E-state index contributed by atoms with van der Waals surface area (Å²) in [5.41, 5.74) is 0.116. The van der Waals surface area contributed by atoms with E-state index in [9.17, 15) is 32.4 Å². The molecule has 5 aliphatic rings. The van der Waals surface area contributed by atoms with Crippen molar-refractivity contribution in [1.29, 1.82) is 0 Å². The third-order valence-corrected chi connectivity index (χ3v) is 12.4. The number of allylic oxidation sites excluding steroid dienone is 1. The van der Waals surface area contributed by atoms with E-state index in [1.807, 2.05) is 58.0 Å². The summed E-state index contributed by atoms with van der Waals surface area (Å²) in [5, 5.41) is 7.86. The van der Waals surface area contributed by atoms with E-state index in [1.165, 1.54) is 10.5 Å². The molecule has 0 aromatic heterocycles. The molecule has 52 heavy (non-hydrogen) atoms. The molecule has 284 valence electrons. The van der Waals surface area contributed by atoms with Crippen LogP contribution in [-0.2, 0) is 35.7 Å². The third-order valence-electron chi connectivity index (χ3n) is 10.6. The molecule has 3 aliphatic heterocycles. The number of carbonyl (C=O) groups excluding carboxylic acids is 5. The third kappa shape index (κ3) is 8.56. The molecule has 6 atom stereocenters. The minimum Gasteiger partial charge on any atom is -0.444 e. The first-order chi connectivity index (χ1) is 24.6. The molecule has 14 nitrogen and oxygen atoms in total. The van der Waals surface area contributed by atoms with E-state index in [1.54, 1.807) is 4.90 Å². The van der Waals surface area contributed by atoms with Gasteiger partial charge >= 0.3 is 12.1 Å². The molecule has 4 N–H and O–H groups in total. The van der Waals surface area contributed by atoms with E-state index in [0.717, 1.165) is 18.4 Å². The number of amides is 6. The fraction of sp³-hybridized carbons (Fsp3) is 0.649. The molecular weight excluding hydrogens is 689 g/mol. The molecule has 6 rings (SSSR count). The molecule has 1 saturated heterocycles. The maximum atomic E-state index is 14.4. The minimum absolute atomic E-state index is 0.0389. The number of ether oxygens (including phenoxy) is 1. The Morgan fingerprint density at radius 1 is 1.02 bits per heavy atom. The van der Waals surface area contributed by atoms with Gasteiger partial charge in [0.1, 0.15) is 23.7 Å². The first-order valence-electron chi connectivity index (χ1n) is 18.5. The minimum atomic E-state index is -3.89. The van der Waals surface area contributed by atoms with Crippen LogP contribution >= 0.6 is 0 Å². The highest BCUT2D eigenvalue weighted by atomic mass is 32.2. The Bertz CT molecular complexity index is 1720. The zero-order chi connectivity index (χ0) is 37.4. The van der Waals surface area contributed by atoms with Gasteiger partial charge in [0.25, 0.3) is 5.91 Å². The molecule has 15 heteroatoms. The molecule has 0 radical (unpaired) electrons. The zero-order valence-corrected chi connectivity index (χ0v) is 31.3. The number of sulfonamides is 1. The molecule has 3 fully saturated rings. The van der Waals surface area contributed by atoms with Crippen molar-refractivity contribution in [3.8, 4) is 0 Å². The van der Waals surface area contributed by atoms with Gasteiger partial charge in [-0.05, 0) is 76.3 Å². The second kappa shape index (κ2) is 14.7. The van der Waals surface area contributed by atoms with Gasteiger partial charge in [0.05, 0.1) is 11.8 Å². The van der Waals surface area contributed by atoms with E-state index >= 15 is 0 Å². The molecule has 0 bridgehead atoms. The van der Waals surface area contributed by atoms with Crippen LogP contribution < -0.4 is 20.7 Å². The summed E-state index contributed by atoms with van der Waals surface area (Å²) in [4.78, 5) is 71.8. The molecular formula is C37H52N6O8S. The second-order valence-corrected chi connectivity index (χ2v) is 18.1. The van der Waals surface area contributed by atoms with Gasteiger partial charge in [0, 0.05) is 31.0 Å². The van der Waals surface area contributed by atoms with Crippen molar-refractivity contribution < 1.29 is 37.1 Å². The van der Waals surface area contributed by atoms with Gasteiger partial charge < -0.3 is 30.5 Å². The van der Waals surface area contributed by atoms with Crippen LogP contribution in [0.1, 0.15) is 103 Å². The number of carbonyl (C=O) groups is 5. The Hall–Kier alpha value is -4.14. The Labute approximate surface area is 305 Å². The molecule has 1 aromatic rings. The van der Waals surface area contributed by atoms with Gasteiger partial charge in [-0.3, -0.25) is 19.1 Å². The number of hydrogen-bond donors (Lipinski definition) is 4. The summed E-state index contributed by atoms with van der Waals surface area (Å²) in [6, 6.07) is 5.28. The highest BCUT2D eigenvalue weighted by molar-refractivity contribution is 7.91. The summed E-state index contributed by atoms with van der Waals surface area (Å²) in [7, 11) is -3.89. The van der Waals surface area contributed by atoms with Crippen molar-refractivity contribution in [3.05, 3.63) is 47.5 Å². The van der Waals surface area contributed by atoms with Crippen molar-refractivity contribution in [2.24, 2.45) is 5.92 Å². The lowest BCUT2D eigenvalue weighted by Gasteiger charge is -2.33. The largest absolute Gasteiger partial charge is 0.444 e. The number of benzene rings is 1. The molecule has 1 unspecified atom stereocenters. The molecule has 2 saturated carbocycles. The molecule has 1 aromatic carbocycles. The van der Waals surface area contributed by atoms with Gasteiger partial charge in [0.15, 0.2) is 0 Å². The van der Waals surface area contributed by atoms with Gasteiger partial charge in [0.2, 0.25) is 21.8 Å². The smallest absolute Gasteiger partial charge is 0.410 e. The number of hydrogen-bond acceptors (Lipinski definition) is 8. The van der Waals surface area contributed by atoms with Gasteiger partial charge in [-0.15, -0.1) is 0 Å². The number of fused-ring (bicyclic) bond motifs is 3. The standard InChI is InChI=1S/C37H52N6O8S/c1-23-20-42(21-24-12-10-11-14-28(23)24)35(48)51-26-18-30-31(44)39-37(33(46)41-52(49,50)27-16-17-27)19-25(37)13-8-6-5-7-9-15-29(32(45)43(30)22-26)38-34(47)40-36(2,3)4/h8,10-14,23,25-27,29-30H,5-7,9,15-22H2,1-4H3,(H,39,44)(H,41,46)(H2,38,40,47)/b13-8+/t23?,25-,26-,29+,30+,37-/m1/s1. The fourth-order valence-electron chi connectivity index (χ4n) is 7.60. The van der Waals surface area contributed by atoms with Crippen LogP contribution in [0.5, 0.6) is 0 Å². The molecule has 0 spiro atoms. The van der Waals surface area contributed by atoms with Crippen LogP contribution in [-0.4, -0.2) is 95.7 Å². The maximum absolute atomic E-state index is 14.4. The summed E-state index contributed by atoms with van der Waals surface area (Å²) >= 11 is 0. The quantitative estimate of drug-likeness (QED) is 0.332. The van der Waals surface area contributed by atoms with E-state index in [0.29, 0.717) is 45.2 Å². The van der Waals surface area contributed by atoms with Crippen molar-refractivity contribution in [1.82, 2.24) is 30.5 Å². The number of nitrogens with one attached hydrogen (secondary N) is 4. The predicted molar refractivity (Wildman–Crippen MR) is 192 cm³/mol. The zero-order valence-electron chi connectivity index (χ0n) is 30.5. The highest BCUT2D eigenvalue weighted by Crippen LogP contribution is 2.46. The Balaban J connectivity index is 1.25. The lowest BCUT2D eigenvalue weighted by Crippen LogP contribution is -2.59. The second-order valence-electron chi connectivity index (χ2n) is 16.1. The van der Waals surface area contributed by atoms with Crippen molar-refractivity contribution in [2.75, 3.05) is 13.1 Å². The summed E-state index contributed by atoms with van der Waals surface area (Å²) in [6.07, 6.45) is 6.70. The monoisotopic (exact) mass is 740 g/mol. The summed E-state index contributed by atoms with van der Waals surface area (Å²) in [6.45, 7) is 8.23. The number of rotatable bonds is 5. The first-order valence-corrected chi connectivity index (χ1v) is 20.1. The van der Waals surface area contributed by atoms with Crippen LogP contribution in [0, 0.1) is 5.92 Å². The van der Waals surface area contributed by atoms with Crippen molar-refractivity contribution >= 4 is 39.9 Å². The SMILES string of the molecule is CC1CN(C(=O)O[C@@H]2C[C@H]3C(=O)N[C@]4(C(=O)NS(=O)(=O)C5CC5)C[C@H]4/C=C/CCCCC[C@H](NC(=O)NC(C)(C)C)C(=O)N3C2)Cc2ccccc21. The van der Waals surface area contributed by atoms with Crippen molar-refractivity contribution in [3.63, 3.8) is 0 Å². The van der Waals surface area contributed by atoms with E-state index in [-0.39, 0.29) is 25.3 Å². The summed E-state index contributed by atoms with van der Waals surface area (Å²) in [5.74, 6) is -2.31. The van der Waals surface area contributed by atoms with Gasteiger partial charge in [-0.1, -0.05) is 56.2 Å². The van der Waals surface area contributed by atoms with E-state index in [4.69, 9.17) is 4.74 Å². The number of nitrogens with zero attached hydrogens (tertiary/aromatic N) is 2. The normalized spacial score (nSPS) is 30.3. The van der Waals surface area contributed by atoms with Crippen LogP contribution in [0.15, 0.2) is 36.4 Å². The Morgan fingerprint density at radius 3 is 2.50 bits per heavy atom. The highest BCUT2D eigenvalue weighted by Gasteiger charge is 2.62. The molecule has 3 heterocycles. The lowest BCUT2D eigenvalue weighted by atomic mass is 9.91. The average Bonchev–Trinajstić information content (AvgIpc) is 3.99. The van der Waals surface area contributed by atoms with Crippen LogP contribution in [0.2, 0.25) is 0 Å². The predicted octanol–water partition coefficient (Wildman–Crippen LogP) is 3.18. The lowest BCUT2D eigenvalue weighted by molar-refractivity contribution is -0.141. The van der Waals surface area contributed by atoms with E-state index in [2.05, 4.69) is 26.7 Å². The van der Waals surface area contributed by atoms with Crippen molar-refractivity contribution in [2.45, 2.75) is 132 Å². The summed E-state index contributed by atoms with van der Waals surface area (Å²) < 4.78 is 33.8. The first kappa shape index (κ1) is 37.6. The average molecular weight is 741 g/mol. The van der Waals surface area contributed by atoms with Crippen LogP contribution in [0.25, 0.3) is 0 Å². The Kier molecular flexibility index (Phi) is 10.6. The van der Waals surface area contributed by atoms with Gasteiger partial charge in [-0.25, -0.2) is 18.0 Å². The van der Waals surface area contributed by atoms with Crippen LogP contribution in [0.4, 0.5) is 9.59 Å².